The summed E-state index contributed by atoms with van der Waals surface area (Å²) in [6, 6.07) is 2.88. The Kier molecular flexibility index (Phi) is 5.76. The van der Waals surface area contributed by atoms with Crippen LogP contribution >= 0.6 is 0 Å². The first-order valence-corrected chi connectivity index (χ1v) is 10.9. The summed E-state index contributed by atoms with van der Waals surface area (Å²) in [6.45, 7) is 2.49. The normalized spacial score (nSPS) is 12.3. The maximum Gasteiger partial charge on any atom is 0.431 e. The lowest BCUT2D eigenvalue weighted by atomic mass is 10.3. The number of alkyl halides is 3. The van der Waals surface area contributed by atoms with Crippen molar-refractivity contribution in [2.24, 2.45) is 7.05 Å². The molecule has 10 nitrogen and oxygen atoms in total. The molecule has 172 valence electrons. The first-order chi connectivity index (χ1) is 14.8. The van der Waals surface area contributed by atoms with Crippen molar-refractivity contribution >= 4 is 32.8 Å². The smallest absolute Gasteiger partial charge is 0.431 e. The van der Waals surface area contributed by atoms with Gasteiger partial charge in [-0.3, -0.25) is 4.79 Å². The number of nitrogens with one attached hydrogen (secondary N) is 1. The molecule has 0 saturated carbocycles. The second-order valence-electron chi connectivity index (χ2n) is 6.66. The fourth-order valence-corrected chi connectivity index (χ4v) is 4.28. The van der Waals surface area contributed by atoms with E-state index in [9.17, 15) is 36.3 Å². The molecule has 0 aliphatic rings. The van der Waals surface area contributed by atoms with Crippen LogP contribution in [0.5, 0.6) is 0 Å². The summed E-state index contributed by atoms with van der Waals surface area (Å²) in [4.78, 5) is 31.4. The van der Waals surface area contributed by atoms with E-state index in [1.807, 2.05) is 5.32 Å². The summed E-state index contributed by atoms with van der Waals surface area (Å²) < 4.78 is 67.2. The fraction of sp³-hybridized carbons (Fsp3) is 0.333. The van der Waals surface area contributed by atoms with Gasteiger partial charge in [0.05, 0.1) is 16.2 Å². The monoisotopic (exact) mass is 472 g/mol. The Hall–Kier alpha value is -3.42. The first kappa shape index (κ1) is 23.2. The maximum atomic E-state index is 13.5. The van der Waals surface area contributed by atoms with Crippen molar-refractivity contribution in [2.75, 3.05) is 11.1 Å². The topological polar surface area (TPSA) is 139 Å². The lowest BCUT2D eigenvalue weighted by Gasteiger charge is -2.14. The summed E-state index contributed by atoms with van der Waals surface area (Å²) in [5.41, 5.74) is -3.02. The van der Waals surface area contributed by atoms with E-state index in [4.69, 9.17) is 0 Å². The van der Waals surface area contributed by atoms with Gasteiger partial charge in [-0.15, -0.1) is 0 Å². The molecule has 0 aromatic carbocycles. The molecule has 0 aliphatic heterocycles. The summed E-state index contributed by atoms with van der Waals surface area (Å²) in [7, 11) is -2.58. The molecule has 3 aromatic heterocycles. The van der Waals surface area contributed by atoms with Crippen LogP contribution in [0.25, 0.3) is 22.6 Å². The average Bonchev–Trinajstić information content (AvgIpc) is 3.03. The molecule has 0 aliphatic carbocycles. The standard InChI is InChI=1S/C18H18F3N5O5S/c1-4-26-11(18(19,20)21)8-9-14(16(26)27)25(3)15(22-9)13-10(32(30,31)5-2)6-7-12(23-13)24-17(28)29/h6-8H,4-5H2,1-3H3,(H,23,24)(H,28,29)/p-1. The number of sulfone groups is 1. The minimum absolute atomic E-state index is 0.199. The third-order valence-electron chi connectivity index (χ3n) is 4.76. The molecule has 3 heterocycles. The number of carbonyl (C=O) groups excluding carboxylic acids is 1. The van der Waals surface area contributed by atoms with Crippen molar-refractivity contribution in [3.63, 3.8) is 0 Å². The number of fused-ring (bicyclic) bond motifs is 1. The van der Waals surface area contributed by atoms with E-state index in [0.717, 1.165) is 16.7 Å². The third-order valence-corrected chi connectivity index (χ3v) is 6.52. The summed E-state index contributed by atoms with van der Waals surface area (Å²) >= 11 is 0. The predicted octanol–water partition coefficient (Wildman–Crippen LogP) is 1.38. The molecule has 0 fully saturated rings. The van der Waals surface area contributed by atoms with E-state index in [1.165, 1.54) is 20.9 Å². The van der Waals surface area contributed by atoms with Crippen molar-refractivity contribution in [1.29, 1.82) is 0 Å². The zero-order valence-corrected chi connectivity index (χ0v) is 17.8. The van der Waals surface area contributed by atoms with Gasteiger partial charge in [0.2, 0.25) is 0 Å². The van der Waals surface area contributed by atoms with Crippen LogP contribution in [0, 0.1) is 0 Å². The quantitative estimate of drug-likeness (QED) is 0.592. The first-order valence-electron chi connectivity index (χ1n) is 9.21. The Morgan fingerprint density at radius 1 is 1.22 bits per heavy atom. The number of amides is 1. The number of hydrogen-bond acceptors (Lipinski definition) is 7. The second kappa shape index (κ2) is 7.93. The van der Waals surface area contributed by atoms with Crippen LogP contribution in [0.3, 0.4) is 0 Å². The van der Waals surface area contributed by atoms with Crippen LogP contribution in [0.15, 0.2) is 27.9 Å². The summed E-state index contributed by atoms with van der Waals surface area (Å²) in [5, 5.41) is 12.7. The molecular formula is C18H17F3N5O5S-. The Balaban J connectivity index is 2.42. The number of carbonyl (C=O) groups is 1. The van der Waals surface area contributed by atoms with Crippen LogP contribution in [-0.2, 0) is 29.6 Å². The molecule has 0 atom stereocenters. The summed E-state index contributed by atoms with van der Waals surface area (Å²) in [5.74, 6) is -0.850. The molecule has 32 heavy (non-hydrogen) atoms. The highest BCUT2D eigenvalue weighted by molar-refractivity contribution is 7.91. The van der Waals surface area contributed by atoms with Crippen LogP contribution in [0.1, 0.15) is 19.5 Å². The molecule has 0 bridgehead atoms. The zero-order valence-electron chi connectivity index (χ0n) is 17.0. The number of halogens is 3. The number of nitrogens with zero attached hydrogens (tertiary/aromatic N) is 4. The molecule has 0 spiro atoms. The van der Waals surface area contributed by atoms with Crippen LogP contribution in [0.2, 0.25) is 0 Å². The van der Waals surface area contributed by atoms with Gasteiger partial charge in [0.25, 0.3) is 5.56 Å². The van der Waals surface area contributed by atoms with E-state index in [1.54, 1.807) is 0 Å². The molecule has 14 heteroatoms. The van der Waals surface area contributed by atoms with E-state index < -0.39 is 33.4 Å². The van der Waals surface area contributed by atoms with E-state index in [2.05, 4.69) is 9.97 Å². The van der Waals surface area contributed by atoms with Crippen LogP contribution in [-0.4, -0.2) is 39.4 Å². The van der Waals surface area contributed by atoms with Crippen LogP contribution in [0.4, 0.5) is 23.8 Å². The number of aryl methyl sites for hydroxylation is 1. The molecule has 0 radical (unpaired) electrons. The van der Waals surface area contributed by atoms with Crippen LogP contribution < -0.4 is 16.0 Å². The highest BCUT2D eigenvalue weighted by Gasteiger charge is 2.36. The van der Waals surface area contributed by atoms with Crippen molar-refractivity contribution in [3.8, 4) is 11.5 Å². The molecule has 3 rings (SSSR count). The minimum Gasteiger partial charge on any atom is -0.530 e. The minimum atomic E-state index is -4.83. The van der Waals surface area contributed by atoms with E-state index >= 15 is 0 Å². The lowest BCUT2D eigenvalue weighted by molar-refractivity contribution is -0.242. The van der Waals surface area contributed by atoms with Gasteiger partial charge in [-0.25, -0.2) is 18.4 Å². The predicted molar refractivity (Wildman–Crippen MR) is 106 cm³/mol. The van der Waals surface area contributed by atoms with Crippen molar-refractivity contribution in [2.45, 2.75) is 31.5 Å². The highest BCUT2D eigenvalue weighted by Crippen LogP contribution is 2.33. The van der Waals surface area contributed by atoms with E-state index in [-0.39, 0.29) is 45.6 Å². The van der Waals surface area contributed by atoms with Gasteiger partial charge in [0, 0.05) is 13.6 Å². The average molecular weight is 472 g/mol. The number of hydrogen-bond donors (Lipinski definition) is 1. The lowest BCUT2D eigenvalue weighted by Crippen LogP contribution is -2.29. The van der Waals surface area contributed by atoms with Gasteiger partial charge in [-0.2, -0.15) is 13.2 Å². The Morgan fingerprint density at radius 3 is 2.41 bits per heavy atom. The number of pyridine rings is 2. The van der Waals surface area contributed by atoms with Gasteiger partial charge in [-0.05, 0) is 25.1 Å². The highest BCUT2D eigenvalue weighted by atomic mass is 32.2. The van der Waals surface area contributed by atoms with Gasteiger partial charge in [-0.1, -0.05) is 6.92 Å². The van der Waals surface area contributed by atoms with Crippen molar-refractivity contribution < 1.29 is 31.5 Å². The number of anilines is 1. The molecule has 0 unspecified atom stereocenters. The Morgan fingerprint density at radius 2 is 1.88 bits per heavy atom. The molecule has 1 N–H and O–H groups in total. The zero-order chi connectivity index (χ0) is 24.0. The third kappa shape index (κ3) is 3.92. The largest absolute Gasteiger partial charge is 0.530 e. The Labute approximate surface area is 179 Å². The molecule has 1 amide bonds. The van der Waals surface area contributed by atoms with E-state index in [0.29, 0.717) is 10.6 Å². The number of carboxylic acid groups (broad SMARTS) is 1. The second-order valence-corrected chi connectivity index (χ2v) is 8.91. The summed E-state index contributed by atoms with van der Waals surface area (Å²) in [6.07, 6.45) is -6.53. The molecule has 0 saturated heterocycles. The van der Waals surface area contributed by atoms with Crippen molar-refractivity contribution in [1.82, 2.24) is 19.1 Å². The van der Waals surface area contributed by atoms with Gasteiger partial charge in [0.15, 0.2) is 15.7 Å². The number of rotatable bonds is 5. The SMILES string of the molecule is CCn1c(C(F)(F)F)cc2nc(-c3nc(NC(=O)[O-])ccc3S(=O)(=O)CC)n(C)c2c1=O. The number of aromatic nitrogens is 4. The molecule has 3 aromatic rings. The van der Waals surface area contributed by atoms with Gasteiger partial charge in [0.1, 0.15) is 28.8 Å². The molecular weight excluding hydrogens is 455 g/mol. The maximum absolute atomic E-state index is 13.5. The fourth-order valence-electron chi connectivity index (χ4n) is 3.27. The number of imidazole rings is 1. The van der Waals surface area contributed by atoms with Crippen molar-refractivity contribution in [3.05, 3.63) is 34.2 Å². The van der Waals surface area contributed by atoms with Gasteiger partial charge >= 0.3 is 6.18 Å². The van der Waals surface area contributed by atoms with Gasteiger partial charge < -0.3 is 24.4 Å². The Bertz CT molecular complexity index is 1390.